The van der Waals surface area contributed by atoms with Crippen LogP contribution in [0.4, 0.5) is 0 Å². The number of carbonyl (C=O) groups excluding carboxylic acids is 1. The molecule has 11 unspecified atom stereocenters. The molecule has 0 bridgehead atoms. The van der Waals surface area contributed by atoms with Crippen LogP contribution in [0.2, 0.25) is 0 Å². The summed E-state index contributed by atoms with van der Waals surface area (Å²) in [5.74, 6) is 0.581. The molecule has 0 aromatic carbocycles. The van der Waals surface area contributed by atoms with Crippen molar-refractivity contribution in [3.05, 3.63) is 11.8 Å². The molecule has 2 fully saturated rings. The Labute approximate surface area is 222 Å². The van der Waals surface area contributed by atoms with Gasteiger partial charge in [0, 0.05) is 12.3 Å². The van der Waals surface area contributed by atoms with Gasteiger partial charge in [0.2, 0.25) is 0 Å². The lowest BCUT2D eigenvalue weighted by Gasteiger charge is -2.53. The van der Waals surface area contributed by atoms with Crippen LogP contribution in [0.25, 0.3) is 0 Å². The van der Waals surface area contributed by atoms with E-state index >= 15 is 0 Å². The molecule has 0 amide bonds. The van der Waals surface area contributed by atoms with Crippen LogP contribution >= 0.6 is 0 Å². The minimum absolute atomic E-state index is 0.0346. The van der Waals surface area contributed by atoms with Gasteiger partial charge in [0.25, 0.3) is 0 Å². The van der Waals surface area contributed by atoms with Gasteiger partial charge in [-0.2, -0.15) is 0 Å². The maximum atomic E-state index is 13.3. The highest BCUT2D eigenvalue weighted by atomic mass is 16.7. The number of allylic oxidation sites excluding steroid dienone is 2. The number of hydrogen-bond acceptors (Lipinski definition) is 8. The third kappa shape index (κ3) is 5.88. The van der Waals surface area contributed by atoms with Gasteiger partial charge in [0.1, 0.15) is 28.8 Å². The predicted molar refractivity (Wildman–Crippen MR) is 139 cm³/mol. The average Bonchev–Trinajstić information content (AvgIpc) is 2.80. The molecule has 0 spiro atoms. The number of aliphatic hydroxyl groups excluding tert-OH is 2. The molecule has 0 aromatic rings. The van der Waals surface area contributed by atoms with Crippen LogP contribution in [0.5, 0.6) is 0 Å². The number of esters is 1. The zero-order valence-corrected chi connectivity index (χ0v) is 24.2. The van der Waals surface area contributed by atoms with Gasteiger partial charge in [-0.05, 0) is 71.3 Å². The largest absolute Gasteiger partial charge is 0.494 e. The van der Waals surface area contributed by atoms with Crippen LogP contribution in [0.3, 0.4) is 0 Å². The van der Waals surface area contributed by atoms with Gasteiger partial charge >= 0.3 is 5.97 Å². The maximum Gasteiger partial charge on any atom is 0.318 e. The highest BCUT2D eigenvalue weighted by Gasteiger charge is 2.63. The Morgan fingerprint density at radius 1 is 1.16 bits per heavy atom. The molecule has 8 heteroatoms. The fourth-order valence-corrected chi connectivity index (χ4v) is 6.26. The first-order valence-corrected chi connectivity index (χ1v) is 14.0. The summed E-state index contributed by atoms with van der Waals surface area (Å²) < 4.78 is 24.1. The molecule has 3 rings (SSSR count). The molecule has 0 radical (unpaired) electrons. The van der Waals surface area contributed by atoms with Crippen LogP contribution in [0.1, 0.15) is 88.0 Å². The van der Waals surface area contributed by atoms with Crippen LogP contribution in [-0.4, -0.2) is 69.8 Å². The Morgan fingerprint density at radius 2 is 1.81 bits per heavy atom. The van der Waals surface area contributed by atoms with Gasteiger partial charge in [-0.3, -0.25) is 4.79 Å². The quantitative estimate of drug-likeness (QED) is 0.446. The van der Waals surface area contributed by atoms with Crippen molar-refractivity contribution in [2.75, 3.05) is 6.61 Å². The Kier molecular flexibility index (Phi) is 9.13. The van der Waals surface area contributed by atoms with Crippen LogP contribution in [-0.2, 0) is 23.7 Å². The summed E-state index contributed by atoms with van der Waals surface area (Å²) in [5.41, 5.74) is -4.18. The lowest BCUT2D eigenvalue weighted by molar-refractivity contribution is -0.331. The zero-order chi connectivity index (χ0) is 27.9. The first kappa shape index (κ1) is 30.4. The second-order valence-electron chi connectivity index (χ2n) is 13.0. The molecule has 2 aliphatic heterocycles. The summed E-state index contributed by atoms with van der Waals surface area (Å²) >= 11 is 0. The molecule has 0 aromatic heterocycles. The highest BCUT2D eigenvalue weighted by molar-refractivity contribution is 5.79. The first-order chi connectivity index (χ1) is 17.1. The van der Waals surface area contributed by atoms with E-state index in [4.69, 9.17) is 18.9 Å². The maximum absolute atomic E-state index is 13.3. The zero-order valence-electron chi connectivity index (χ0n) is 24.2. The topological polar surface area (TPSA) is 115 Å². The fraction of sp³-hybridized carbons (Fsp3) is 0.897. The lowest BCUT2D eigenvalue weighted by atomic mass is 9.65. The monoisotopic (exact) mass is 526 g/mol. The first-order valence-electron chi connectivity index (χ1n) is 14.0. The van der Waals surface area contributed by atoms with E-state index in [0.717, 1.165) is 31.4 Å². The summed E-state index contributed by atoms with van der Waals surface area (Å²) in [5, 5.41) is 34.3. The molecule has 3 aliphatic rings. The Hall–Kier alpha value is -1.19. The van der Waals surface area contributed by atoms with Crippen molar-refractivity contribution < 1.29 is 39.1 Å². The molecule has 1 aliphatic carbocycles. The molecule has 1 saturated heterocycles. The van der Waals surface area contributed by atoms with Gasteiger partial charge in [-0.15, -0.1) is 0 Å². The molecule has 214 valence electrons. The molecular formula is C29H50O8. The normalized spacial score (nSPS) is 45.1. The predicted octanol–water partition coefficient (Wildman–Crippen LogP) is 3.95. The fourth-order valence-electron chi connectivity index (χ4n) is 6.26. The van der Waals surface area contributed by atoms with E-state index < -0.39 is 47.2 Å². The van der Waals surface area contributed by atoms with Crippen LogP contribution in [0, 0.1) is 29.1 Å². The highest BCUT2D eigenvalue weighted by Crippen LogP contribution is 2.47. The lowest BCUT2D eigenvalue weighted by Crippen LogP contribution is -2.68. The Bertz CT molecular complexity index is 832. The van der Waals surface area contributed by atoms with Crippen LogP contribution < -0.4 is 0 Å². The molecular weight excluding hydrogens is 476 g/mol. The van der Waals surface area contributed by atoms with Crippen molar-refractivity contribution in [2.45, 2.75) is 130 Å². The van der Waals surface area contributed by atoms with Gasteiger partial charge in [0.05, 0.1) is 24.6 Å². The summed E-state index contributed by atoms with van der Waals surface area (Å²) in [7, 11) is 0. The number of ether oxygens (including phenoxy) is 4. The molecule has 1 saturated carbocycles. The van der Waals surface area contributed by atoms with E-state index in [2.05, 4.69) is 33.8 Å². The smallest absolute Gasteiger partial charge is 0.318 e. The van der Waals surface area contributed by atoms with E-state index in [9.17, 15) is 20.1 Å². The van der Waals surface area contributed by atoms with E-state index in [0.29, 0.717) is 0 Å². The second kappa shape index (κ2) is 11.1. The Morgan fingerprint density at radius 3 is 2.38 bits per heavy atom. The van der Waals surface area contributed by atoms with E-state index in [1.54, 1.807) is 20.8 Å². The summed E-state index contributed by atoms with van der Waals surface area (Å²) in [4.78, 5) is 13.3. The van der Waals surface area contributed by atoms with Crippen molar-refractivity contribution in [1.82, 2.24) is 0 Å². The van der Waals surface area contributed by atoms with Crippen molar-refractivity contribution in [1.29, 1.82) is 0 Å². The minimum Gasteiger partial charge on any atom is -0.494 e. The standard InChI is InChI=1S/C29H50O8/c1-10-18-14-17(4)20(22-16(3)12-13-19(11-2)35-22)21(30)23(18)36-25-24(31)29(9,28(8,33)15-34-25)26(32)37-27(5,6)7/h13,16-18,20-25,30-31,33H,10-12,14-15H2,1-9H3. The van der Waals surface area contributed by atoms with Gasteiger partial charge in [0.15, 0.2) is 6.29 Å². The van der Waals surface area contributed by atoms with Crippen molar-refractivity contribution in [2.24, 2.45) is 29.1 Å². The summed E-state index contributed by atoms with van der Waals surface area (Å²) in [6.07, 6.45) is 1.15. The molecule has 2 heterocycles. The summed E-state index contributed by atoms with van der Waals surface area (Å²) in [6.45, 7) is 16.4. The van der Waals surface area contributed by atoms with Crippen LogP contribution in [0.15, 0.2) is 11.8 Å². The third-order valence-corrected chi connectivity index (χ3v) is 8.96. The van der Waals surface area contributed by atoms with Gasteiger partial charge in [-0.25, -0.2) is 0 Å². The Balaban J connectivity index is 1.87. The number of aliphatic hydroxyl groups is 3. The van der Waals surface area contributed by atoms with E-state index in [-0.39, 0.29) is 36.4 Å². The number of carbonyl (C=O) groups is 1. The van der Waals surface area contributed by atoms with Crippen molar-refractivity contribution >= 4 is 5.97 Å². The average molecular weight is 527 g/mol. The SMILES string of the molecule is CCC1=CCC(C)C(C2C(C)CC(CC)C(OC3OCC(C)(O)C(C)(C(=O)OC(C)(C)C)C3O)C2O)O1. The minimum atomic E-state index is -1.70. The van der Waals surface area contributed by atoms with Gasteiger partial charge < -0.3 is 34.3 Å². The third-order valence-electron chi connectivity index (χ3n) is 8.96. The molecule has 8 nitrogen and oxygen atoms in total. The summed E-state index contributed by atoms with van der Waals surface area (Å²) in [6, 6.07) is 0. The van der Waals surface area contributed by atoms with Gasteiger partial charge in [-0.1, -0.05) is 34.1 Å². The number of hydrogen-bond donors (Lipinski definition) is 3. The second-order valence-corrected chi connectivity index (χ2v) is 13.0. The van der Waals surface area contributed by atoms with E-state index in [1.807, 2.05) is 0 Å². The van der Waals surface area contributed by atoms with E-state index in [1.165, 1.54) is 13.8 Å². The number of rotatable bonds is 6. The van der Waals surface area contributed by atoms with Crippen molar-refractivity contribution in [3.8, 4) is 0 Å². The molecule has 3 N–H and O–H groups in total. The molecule has 11 atom stereocenters. The van der Waals surface area contributed by atoms with Crippen molar-refractivity contribution in [3.63, 3.8) is 0 Å². The molecule has 37 heavy (non-hydrogen) atoms.